The lowest BCUT2D eigenvalue weighted by Gasteiger charge is -2.09. The zero-order valence-corrected chi connectivity index (χ0v) is 11.5. The maximum atomic E-state index is 11.9. The van der Waals surface area contributed by atoms with Crippen LogP contribution in [0.4, 0.5) is 0 Å². The van der Waals surface area contributed by atoms with E-state index in [4.69, 9.17) is 0 Å². The standard InChI is InChI=1S/C13H23N3O2/c1-4-15-10-7-12(17)16(13(15)18)9-6-5-8-14-11(2)3/h7,10-11,14H,4-6,8-9H2,1-3H3. The van der Waals surface area contributed by atoms with Gasteiger partial charge in [-0.25, -0.2) is 4.79 Å². The molecule has 0 saturated carbocycles. The maximum absolute atomic E-state index is 11.9. The summed E-state index contributed by atoms with van der Waals surface area (Å²) in [6.07, 6.45) is 3.36. The van der Waals surface area contributed by atoms with Crippen molar-refractivity contribution in [2.75, 3.05) is 6.54 Å². The van der Waals surface area contributed by atoms with Crippen LogP contribution in [0.2, 0.25) is 0 Å². The average Bonchev–Trinajstić information content (AvgIpc) is 2.32. The summed E-state index contributed by atoms with van der Waals surface area (Å²) in [4.78, 5) is 23.5. The second-order valence-corrected chi connectivity index (χ2v) is 4.69. The molecule has 0 aliphatic carbocycles. The number of rotatable bonds is 7. The molecule has 5 heteroatoms. The van der Waals surface area contributed by atoms with Crippen LogP contribution in [-0.2, 0) is 13.1 Å². The summed E-state index contributed by atoms with van der Waals surface area (Å²) in [5.41, 5.74) is -0.414. The fraction of sp³-hybridized carbons (Fsp3) is 0.692. The summed E-state index contributed by atoms with van der Waals surface area (Å²) in [5, 5.41) is 3.31. The third-order valence-corrected chi connectivity index (χ3v) is 2.84. The topological polar surface area (TPSA) is 56.0 Å². The first kappa shape index (κ1) is 14.7. The average molecular weight is 253 g/mol. The van der Waals surface area contributed by atoms with Crippen molar-refractivity contribution in [2.45, 2.75) is 52.7 Å². The first-order chi connectivity index (χ1) is 8.56. The number of aryl methyl sites for hydroxylation is 1. The Balaban J connectivity index is 2.57. The predicted molar refractivity (Wildman–Crippen MR) is 73.0 cm³/mol. The minimum Gasteiger partial charge on any atom is -0.315 e. The molecule has 0 aliphatic heterocycles. The Morgan fingerprint density at radius 1 is 1.28 bits per heavy atom. The van der Waals surface area contributed by atoms with Gasteiger partial charge in [-0.1, -0.05) is 13.8 Å². The highest BCUT2D eigenvalue weighted by molar-refractivity contribution is 4.86. The van der Waals surface area contributed by atoms with Crippen LogP contribution in [0.3, 0.4) is 0 Å². The van der Waals surface area contributed by atoms with E-state index in [1.165, 1.54) is 10.6 Å². The minimum absolute atomic E-state index is 0.207. The van der Waals surface area contributed by atoms with Crippen molar-refractivity contribution in [3.05, 3.63) is 33.1 Å². The van der Waals surface area contributed by atoms with Gasteiger partial charge < -0.3 is 9.88 Å². The number of nitrogens with zero attached hydrogens (tertiary/aromatic N) is 2. The van der Waals surface area contributed by atoms with Gasteiger partial charge in [0.1, 0.15) is 0 Å². The molecule has 0 unspecified atom stereocenters. The van der Waals surface area contributed by atoms with Gasteiger partial charge in [0.25, 0.3) is 5.56 Å². The van der Waals surface area contributed by atoms with Crippen molar-refractivity contribution in [1.82, 2.24) is 14.5 Å². The molecule has 0 spiro atoms. The van der Waals surface area contributed by atoms with E-state index in [9.17, 15) is 9.59 Å². The lowest BCUT2D eigenvalue weighted by molar-refractivity contribution is 0.502. The first-order valence-electron chi connectivity index (χ1n) is 6.60. The normalized spacial score (nSPS) is 11.1. The van der Waals surface area contributed by atoms with Gasteiger partial charge in [0.2, 0.25) is 0 Å². The highest BCUT2D eigenvalue weighted by atomic mass is 16.2. The van der Waals surface area contributed by atoms with Crippen molar-refractivity contribution in [2.24, 2.45) is 0 Å². The van der Waals surface area contributed by atoms with Gasteiger partial charge in [-0.3, -0.25) is 9.36 Å². The third-order valence-electron chi connectivity index (χ3n) is 2.84. The van der Waals surface area contributed by atoms with E-state index < -0.39 is 0 Å². The van der Waals surface area contributed by atoms with E-state index >= 15 is 0 Å². The molecule has 5 nitrogen and oxygen atoms in total. The Morgan fingerprint density at radius 3 is 2.61 bits per heavy atom. The Hall–Kier alpha value is -1.36. The molecule has 0 aromatic carbocycles. The molecule has 1 aromatic heterocycles. The minimum atomic E-state index is -0.207. The van der Waals surface area contributed by atoms with Crippen LogP contribution in [-0.4, -0.2) is 21.7 Å². The number of nitrogens with one attached hydrogen (secondary N) is 1. The van der Waals surface area contributed by atoms with Crippen LogP contribution >= 0.6 is 0 Å². The molecule has 0 radical (unpaired) electrons. The Labute approximate surface area is 107 Å². The van der Waals surface area contributed by atoms with E-state index in [-0.39, 0.29) is 11.2 Å². The van der Waals surface area contributed by atoms with Gasteiger partial charge in [-0.05, 0) is 26.3 Å². The molecular weight excluding hydrogens is 230 g/mol. The fourth-order valence-corrected chi connectivity index (χ4v) is 1.79. The number of hydrogen-bond donors (Lipinski definition) is 1. The van der Waals surface area contributed by atoms with Crippen LogP contribution in [0.15, 0.2) is 21.9 Å². The lowest BCUT2D eigenvalue weighted by Crippen LogP contribution is -2.38. The van der Waals surface area contributed by atoms with Crippen molar-refractivity contribution in [3.8, 4) is 0 Å². The molecule has 1 N–H and O–H groups in total. The van der Waals surface area contributed by atoms with E-state index in [2.05, 4.69) is 19.2 Å². The summed E-state index contributed by atoms with van der Waals surface area (Å²) in [6.45, 7) is 8.10. The molecule has 0 bridgehead atoms. The maximum Gasteiger partial charge on any atom is 0.330 e. The van der Waals surface area contributed by atoms with E-state index in [0.29, 0.717) is 19.1 Å². The molecule has 0 atom stereocenters. The quantitative estimate of drug-likeness (QED) is 0.732. The van der Waals surface area contributed by atoms with Gasteiger partial charge in [-0.2, -0.15) is 0 Å². The highest BCUT2D eigenvalue weighted by Gasteiger charge is 2.03. The van der Waals surface area contributed by atoms with Gasteiger partial charge in [0.05, 0.1) is 0 Å². The Morgan fingerprint density at radius 2 is 2.00 bits per heavy atom. The van der Waals surface area contributed by atoms with Gasteiger partial charge in [0, 0.05) is 31.4 Å². The summed E-state index contributed by atoms with van der Waals surface area (Å²) in [6, 6.07) is 1.93. The molecule has 1 rings (SSSR count). The summed E-state index contributed by atoms with van der Waals surface area (Å²) < 4.78 is 2.87. The molecule has 0 aliphatic rings. The molecule has 0 fully saturated rings. The van der Waals surface area contributed by atoms with Crippen molar-refractivity contribution in [3.63, 3.8) is 0 Å². The summed E-state index contributed by atoms with van der Waals surface area (Å²) >= 11 is 0. The third kappa shape index (κ3) is 4.14. The Bertz CT molecular complexity index is 474. The number of hydrogen-bond acceptors (Lipinski definition) is 3. The SMILES string of the molecule is CCn1ccc(=O)n(CCCCNC(C)C)c1=O. The molecule has 1 aromatic rings. The fourth-order valence-electron chi connectivity index (χ4n) is 1.79. The Kier molecular flexibility index (Phi) is 5.85. The second-order valence-electron chi connectivity index (χ2n) is 4.69. The first-order valence-corrected chi connectivity index (χ1v) is 6.60. The van der Waals surface area contributed by atoms with Crippen LogP contribution < -0.4 is 16.6 Å². The van der Waals surface area contributed by atoms with E-state index in [1.807, 2.05) is 6.92 Å². The van der Waals surface area contributed by atoms with Gasteiger partial charge in [-0.15, -0.1) is 0 Å². The van der Waals surface area contributed by atoms with Crippen molar-refractivity contribution in [1.29, 1.82) is 0 Å². The van der Waals surface area contributed by atoms with Crippen LogP contribution in [0, 0.1) is 0 Å². The molecule has 0 saturated heterocycles. The van der Waals surface area contributed by atoms with Crippen molar-refractivity contribution >= 4 is 0 Å². The van der Waals surface area contributed by atoms with Gasteiger partial charge in [0.15, 0.2) is 0 Å². The second kappa shape index (κ2) is 7.16. The van der Waals surface area contributed by atoms with Gasteiger partial charge >= 0.3 is 5.69 Å². The molecule has 0 amide bonds. The van der Waals surface area contributed by atoms with E-state index in [0.717, 1.165) is 19.4 Å². The van der Waals surface area contributed by atoms with Crippen LogP contribution in [0.1, 0.15) is 33.6 Å². The smallest absolute Gasteiger partial charge is 0.315 e. The number of aromatic nitrogens is 2. The monoisotopic (exact) mass is 253 g/mol. The summed E-state index contributed by atoms with van der Waals surface area (Å²) in [7, 11) is 0. The van der Waals surface area contributed by atoms with Crippen LogP contribution in [0.25, 0.3) is 0 Å². The van der Waals surface area contributed by atoms with Crippen LogP contribution in [0.5, 0.6) is 0 Å². The van der Waals surface area contributed by atoms with Crippen molar-refractivity contribution < 1.29 is 0 Å². The molecular formula is C13H23N3O2. The zero-order chi connectivity index (χ0) is 13.5. The predicted octanol–water partition coefficient (Wildman–Crippen LogP) is 0.808. The molecule has 18 heavy (non-hydrogen) atoms. The zero-order valence-electron chi connectivity index (χ0n) is 11.5. The lowest BCUT2D eigenvalue weighted by atomic mass is 10.3. The summed E-state index contributed by atoms with van der Waals surface area (Å²) in [5.74, 6) is 0. The van der Waals surface area contributed by atoms with E-state index in [1.54, 1.807) is 10.8 Å². The largest absolute Gasteiger partial charge is 0.330 e. The molecule has 102 valence electrons. The highest BCUT2D eigenvalue weighted by Crippen LogP contribution is 1.90. The molecule has 1 heterocycles. The number of unbranched alkanes of at least 4 members (excludes halogenated alkanes) is 1.